The van der Waals surface area contributed by atoms with E-state index < -0.39 is 5.60 Å². The summed E-state index contributed by atoms with van der Waals surface area (Å²) in [5.74, 6) is 0.335. The molecule has 0 spiro atoms. The van der Waals surface area contributed by atoms with Gasteiger partial charge in [0.05, 0.1) is 18.8 Å². The Balaban J connectivity index is 1.76. The van der Waals surface area contributed by atoms with E-state index in [1.807, 2.05) is 11.9 Å². The van der Waals surface area contributed by atoms with Crippen molar-refractivity contribution in [1.82, 2.24) is 4.90 Å². The van der Waals surface area contributed by atoms with Gasteiger partial charge in [0.15, 0.2) is 5.78 Å². The lowest BCUT2D eigenvalue weighted by molar-refractivity contribution is -0.124. The lowest BCUT2D eigenvalue weighted by Gasteiger charge is -2.28. The van der Waals surface area contributed by atoms with Crippen LogP contribution >= 0.6 is 0 Å². The van der Waals surface area contributed by atoms with Crippen LogP contribution in [0.25, 0.3) is 0 Å². The number of nitrogens with zero attached hydrogens (tertiary/aromatic N) is 1. The topological polar surface area (TPSA) is 49.8 Å². The maximum absolute atomic E-state index is 11.9. The molecule has 1 saturated carbocycles. The van der Waals surface area contributed by atoms with Crippen LogP contribution in [0.5, 0.6) is 0 Å². The van der Waals surface area contributed by atoms with Crippen molar-refractivity contribution in [2.45, 2.75) is 37.7 Å². The molecule has 98 valence electrons. The second kappa shape index (κ2) is 5.46. The third kappa shape index (κ3) is 3.50. The Morgan fingerprint density at radius 3 is 2.76 bits per heavy atom. The monoisotopic (exact) mass is 241 g/mol. The van der Waals surface area contributed by atoms with E-state index in [1.54, 1.807) is 0 Å². The summed E-state index contributed by atoms with van der Waals surface area (Å²) < 4.78 is 5.22. The molecule has 0 radical (unpaired) electrons. The van der Waals surface area contributed by atoms with Gasteiger partial charge in [0, 0.05) is 19.1 Å². The maximum Gasteiger partial charge on any atom is 0.152 e. The minimum atomic E-state index is -0.554. The van der Waals surface area contributed by atoms with Crippen molar-refractivity contribution in [1.29, 1.82) is 0 Å². The Kier molecular flexibility index (Phi) is 4.17. The van der Waals surface area contributed by atoms with E-state index in [0.717, 1.165) is 32.1 Å². The van der Waals surface area contributed by atoms with Crippen LogP contribution < -0.4 is 0 Å². The average Bonchev–Trinajstić information content (AvgIpc) is 2.88. The van der Waals surface area contributed by atoms with Gasteiger partial charge in [-0.3, -0.25) is 9.69 Å². The SMILES string of the molecule is CN(CC(=O)C1CCOC1)CC1(O)CCCC1. The highest BCUT2D eigenvalue weighted by Crippen LogP contribution is 2.29. The molecule has 4 heteroatoms. The van der Waals surface area contributed by atoms with Crippen molar-refractivity contribution in [3.63, 3.8) is 0 Å². The van der Waals surface area contributed by atoms with E-state index in [2.05, 4.69) is 0 Å². The lowest BCUT2D eigenvalue weighted by Crippen LogP contribution is -2.42. The van der Waals surface area contributed by atoms with Gasteiger partial charge < -0.3 is 9.84 Å². The van der Waals surface area contributed by atoms with Crippen molar-refractivity contribution in [3.05, 3.63) is 0 Å². The molecule has 17 heavy (non-hydrogen) atoms. The molecule has 0 amide bonds. The fraction of sp³-hybridized carbons (Fsp3) is 0.923. The van der Waals surface area contributed by atoms with Crippen LogP contribution in [0.3, 0.4) is 0 Å². The molecule has 1 saturated heterocycles. The molecule has 0 aromatic rings. The number of likely N-dealkylation sites (N-methyl/N-ethyl adjacent to an activating group) is 1. The van der Waals surface area contributed by atoms with Crippen LogP contribution in [0.1, 0.15) is 32.1 Å². The van der Waals surface area contributed by atoms with Gasteiger partial charge in [-0.15, -0.1) is 0 Å². The highest BCUT2D eigenvalue weighted by Gasteiger charge is 2.33. The molecule has 2 fully saturated rings. The quantitative estimate of drug-likeness (QED) is 0.774. The minimum absolute atomic E-state index is 0.0793. The Morgan fingerprint density at radius 1 is 1.47 bits per heavy atom. The molecule has 2 aliphatic rings. The van der Waals surface area contributed by atoms with Gasteiger partial charge in [0.25, 0.3) is 0 Å². The molecule has 0 bridgehead atoms. The largest absolute Gasteiger partial charge is 0.389 e. The number of hydrogen-bond donors (Lipinski definition) is 1. The number of carbonyl (C=O) groups excluding carboxylic acids is 1. The van der Waals surface area contributed by atoms with Crippen LogP contribution in [0.15, 0.2) is 0 Å². The van der Waals surface area contributed by atoms with Gasteiger partial charge in [-0.2, -0.15) is 0 Å². The number of ether oxygens (including phenoxy) is 1. The smallest absolute Gasteiger partial charge is 0.152 e. The zero-order chi connectivity index (χ0) is 12.3. The summed E-state index contributed by atoms with van der Waals surface area (Å²) in [7, 11) is 1.92. The molecular weight excluding hydrogens is 218 g/mol. The van der Waals surface area contributed by atoms with Crippen LogP contribution in [0.4, 0.5) is 0 Å². The minimum Gasteiger partial charge on any atom is -0.389 e. The van der Waals surface area contributed by atoms with Gasteiger partial charge in [-0.25, -0.2) is 0 Å². The van der Waals surface area contributed by atoms with E-state index in [4.69, 9.17) is 4.74 Å². The van der Waals surface area contributed by atoms with E-state index in [9.17, 15) is 9.90 Å². The average molecular weight is 241 g/mol. The zero-order valence-corrected chi connectivity index (χ0v) is 10.7. The second-order valence-electron chi connectivity index (χ2n) is 5.63. The normalized spacial score (nSPS) is 27.8. The summed E-state index contributed by atoms with van der Waals surface area (Å²) in [5, 5.41) is 10.3. The van der Waals surface area contributed by atoms with E-state index in [1.165, 1.54) is 0 Å². The van der Waals surface area contributed by atoms with Crippen LogP contribution in [-0.2, 0) is 9.53 Å². The first-order valence-corrected chi connectivity index (χ1v) is 6.60. The van der Waals surface area contributed by atoms with Gasteiger partial charge in [0.1, 0.15) is 0 Å². The molecule has 1 unspecified atom stereocenters. The first kappa shape index (κ1) is 13.0. The summed E-state index contributed by atoms with van der Waals surface area (Å²) in [5.41, 5.74) is -0.554. The van der Waals surface area contributed by atoms with Crippen molar-refractivity contribution in [3.8, 4) is 0 Å². The summed E-state index contributed by atoms with van der Waals surface area (Å²) in [6.07, 6.45) is 4.82. The van der Waals surface area contributed by atoms with Gasteiger partial charge in [0.2, 0.25) is 0 Å². The molecule has 1 heterocycles. The standard InChI is InChI=1S/C13H23NO3/c1-14(10-13(16)5-2-3-6-13)8-12(15)11-4-7-17-9-11/h11,16H,2-10H2,1H3. The van der Waals surface area contributed by atoms with Crippen molar-refractivity contribution >= 4 is 5.78 Å². The fourth-order valence-electron chi connectivity index (χ4n) is 2.93. The predicted octanol–water partition coefficient (Wildman–Crippen LogP) is 0.829. The van der Waals surface area contributed by atoms with Gasteiger partial charge in [-0.05, 0) is 26.3 Å². The summed E-state index contributed by atoms with van der Waals surface area (Å²) >= 11 is 0. The Morgan fingerprint density at radius 2 is 2.18 bits per heavy atom. The lowest BCUT2D eigenvalue weighted by atomic mass is 10.00. The summed E-state index contributed by atoms with van der Waals surface area (Å²) in [6.45, 7) is 2.35. The molecule has 0 aromatic carbocycles. The highest BCUT2D eigenvalue weighted by atomic mass is 16.5. The molecule has 1 atom stereocenters. The first-order valence-electron chi connectivity index (χ1n) is 6.60. The van der Waals surface area contributed by atoms with Crippen molar-refractivity contribution in [2.75, 3.05) is 33.4 Å². The summed E-state index contributed by atoms with van der Waals surface area (Å²) in [6, 6.07) is 0. The number of aliphatic hydroxyl groups is 1. The fourth-order valence-corrected chi connectivity index (χ4v) is 2.93. The third-order valence-electron chi connectivity index (χ3n) is 3.91. The Bertz CT molecular complexity index is 268. The molecule has 1 N–H and O–H groups in total. The Hall–Kier alpha value is -0.450. The van der Waals surface area contributed by atoms with E-state index in [-0.39, 0.29) is 11.7 Å². The zero-order valence-electron chi connectivity index (χ0n) is 10.7. The predicted molar refractivity (Wildman–Crippen MR) is 64.8 cm³/mol. The van der Waals surface area contributed by atoms with E-state index in [0.29, 0.717) is 26.3 Å². The van der Waals surface area contributed by atoms with E-state index >= 15 is 0 Å². The second-order valence-corrected chi connectivity index (χ2v) is 5.63. The molecule has 0 aromatic heterocycles. The van der Waals surface area contributed by atoms with Crippen LogP contribution in [0, 0.1) is 5.92 Å². The first-order chi connectivity index (χ1) is 8.09. The molecule has 1 aliphatic carbocycles. The number of rotatable bonds is 5. The molecule has 2 rings (SSSR count). The van der Waals surface area contributed by atoms with Crippen molar-refractivity contribution in [2.24, 2.45) is 5.92 Å². The number of carbonyl (C=O) groups is 1. The van der Waals surface area contributed by atoms with Crippen molar-refractivity contribution < 1.29 is 14.6 Å². The Labute approximate surface area is 103 Å². The van der Waals surface area contributed by atoms with Gasteiger partial charge >= 0.3 is 0 Å². The van der Waals surface area contributed by atoms with Crippen LogP contribution in [0.2, 0.25) is 0 Å². The molecular formula is C13H23NO3. The summed E-state index contributed by atoms with van der Waals surface area (Å²) in [4.78, 5) is 13.9. The molecule has 4 nitrogen and oxygen atoms in total. The number of hydrogen-bond acceptors (Lipinski definition) is 4. The number of Topliss-reactive ketones (excluding diaryl/α,β-unsaturated/α-hetero) is 1. The third-order valence-corrected chi connectivity index (χ3v) is 3.91. The maximum atomic E-state index is 11.9. The number of ketones is 1. The van der Waals surface area contributed by atoms with Crippen LogP contribution in [-0.4, -0.2) is 54.7 Å². The highest BCUT2D eigenvalue weighted by molar-refractivity contribution is 5.83. The van der Waals surface area contributed by atoms with Gasteiger partial charge in [-0.1, -0.05) is 12.8 Å². The molecule has 1 aliphatic heterocycles.